The zero-order valence-corrected chi connectivity index (χ0v) is 18.6. The SMILES string of the molecule is CC(c1ccc2ncccc2c1)N(N)c1nc(-c2cnn(CP(C)(C)=O)c2)cnc1N. The van der Waals surface area contributed by atoms with Crippen molar-refractivity contribution in [3.63, 3.8) is 0 Å². The highest BCUT2D eigenvalue weighted by Crippen LogP contribution is 2.38. The molecule has 0 saturated carbocycles. The van der Waals surface area contributed by atoms with E-state index in [1.807, 2.05) is 31.2 Å². The van der Waals surface area contributed by atoms with Crippen molar-refractivity contribution in [2.45, 2.75) is 19.3 Å². The number of benzene rings is 1. The van der Waals surface area contributed by atoms with Crippen LogP contribution in [-0.4, -0.2) is 38.1 Å². The quantitative estimate of drug-likeness (QED) is 0.267. The van der Waals surface area contributed by atoms with Gasteiger partial charge in [-0.25, -0.2) is 15.8 Å². The Bertz CT molecular complexity index is 1280. The highest BCUT2D eigenvalue weighted by Gasteiger charge is 2.20. The summed E-state index contributed by atoms with van der Waals surface area (Å²) < 4.78 is 13.7. The van der Waals surface area contributed by atoms with Gasteiger partial charge in [-0.3, -0.25) is 14.7 Å². The second kappa shape index (κ2) is 8.09. The van der Waals surface area contributed by atoms with E-state index < -0.39 is 7.14 Å². The molecular weight excluding hydrogens is 411 g/mol. The standard InChI is InChI=1S/C21H25N8OP/c1-14(15-6-7-18-16(9-15)5-4-8-24-18)29(23)21-20(22)25-11-19(27-21)17-10-26-28(12-17)13-31(2,3)30/h4-12,14H,13,23H2,1-3H3,(H2,22,25). The first-order chi connectivity index (χ1) is 14.7. The Morgan fingerprint density at radius 1 is 1.19 bits per heavy atom. The lowest BCUT2D eigenvalue weighted by atomic mass is 10.0. The minimum absolute atomic E-state index is 0.203. The maximum atomic E-state index is 12.1. The van der Waals surface area contributed by atoms with E-state index in [1.54, 1.807) is 42.8 Å². The number of pyridine rings is 1. The van der Waals surface area contributed by atoms with Crippen LogP contribution in [0.1, 0.15) is 18.5 Å². The predicted octanol–water partition coefficient (Wildman–Crippen LogP) is 3.49. The topological polar surface area (TPSA) is 129 Å². The fourth-order valence-corrected chi connectivity index (χ4v) is 4.19. The first-order valence-corrected chi connectivity index (χ1v) is 12.6. The zero-order valence-electron chi connectivity index (χ0n) is 17.7. The predicted molar refractivity (Wildman–Crippen MR) is 124 cm³/mol. The van der Waals surface area contributed by atoms with Gasteiger partial charge < -0.3 is 10.3 Å². The molecule has 0 aliphatic rings. The summed E-state index contributed by atoms with van der Waals surface area (Å²) in [7, 11) is -2.25. The molecule has 0 fully saturated rings. The Morgan fingerprint density at radius 3 is 2.77 bits per heavy atom. The van der Waals surface area contributed by atoms with E-state index >= 15 is 0 Å². The van der Waals surface area contributed by atoms with Gasteiger partial charge in [0.05, 0.1) is 35.9 Å². The number of hydrogen-bond donors (Lipinski definition) is 2. The molecule has 0 spiro atoms. The summed E-state index contributed by atoms with van der Waals surface area (Å²) in [5, 5.41) is 6.83. The first kappa shape index (κ1) is 21.0. The molecule has 4 rings (SSSR count). The van der Waals surface area contributed by atoms with Crippen molar-refractivity contribution in [1.82, 2.24) is 24.7 Å². The largest absolute Gasteiger partial charge is 0.381 e. The van der Waals surface area contributed by atoms with Crippen LogP contribution in [0.2, 0.25) is 0 Å². The van der Waals surface area contributed by atoms with Gasteiger partial charge in [-0.2, -0.15) is 5.10 Å². The van der Waals surface area contributed by atoms with Crippen LogP contribution >= 0.6 is 7.14 Å². The summed E-state index contributed by atoms with van der Waals surface area (Å²) in [4.78, 5) is 13.3. The highest BCUT2D eigenvalue weighted by molar-refractivity contribution is 7.61. The van der Waals surface area contributed by atoms with Crippen molar-refractivity contribution < 1.29 is 4.57 Å². The molecule has 9 nitrogen and oxygen atoms in total. The average molecular weight is 436 g/mol. The van der Waals surface area contributed by atoms with Crippen molar-refractivity contribution in [2.24, 2.45) is 5.84 Å². The van der Waals surface area contributed by atoms with Crippen LogP contribution < -0.4 is 16.6 Å². The van der Waals surface area contributed by atoms with Crippen LogP contribution in [0.25, 0.3) is 22.2 Å². The molecule has 31 heavy (non-hydrogen) atoms. The van der Waals surface area contributed by atoms with Crippen LogP contribution in [-0.2, 0) is 10.9 Å². The number of nitrogens with two attached hydrogens (primary N) is 2. The fourth-order valence-electron chi connectivity index (χ4n) is 3.34. The van der Waals surface area contributed by atoms with Crippen LogP contribution in [0.5, 0.6) is 0 Å². The zero-order chi connectivity index (χ0) is 22.2. The van der Waals surface area contributed by atoms with Gasteiger partial charge in [0.1, 0.15) is 7.14 Å². The van der Waals surface area contributed by atoms with Gasteiger partial charge in [0.15, 0.2) is 11.6 Å². The maximum Gasteiger partial charge on any atom is 0.186 e. The lowest BCUT2D eigenvalue weighted by Gasteiger charge is -2.26. The fraction of sp³-hybridized carbons (Fsp3) is 0.238. The minimum Gasteiger partial charge on any atom is -0.381 e. The molecule has 0 bridgehead atoms. The van der Waals surface area contributed by atoms with E-state index in [-0.39, 0.29) is 11.9 Å². The maximum absolute atomic E-state index is 12.1. The molecular formula is C21H25N8OP. The molecule has 0 radical (unpaired) electrons. The number of nitrogens with zero attached hydrogens (tertiary/aromatic N) is 6. The molecule has 0 aliphatic carbocycles. The summed E-state index contributed by atoms with van der Waals surface area (Å²) in [6, 6.07) is 9.72. The molecule has 1 aromatic carbocycles. The van der Waals surface area contributed by atoms with Crippen molar-refractivity contribution in [1.29, 1.82) is 0 Å². The molecule has 0 saturated heterocycles. The second-order valence-corrected chi connectivity index (χ2v) is 11.4. The van der Waals surface area contributed by atoms with Gasteiger partial charge >= 0.3 is 0 Å². The van der Waals surface area contributed by atoms with Gasteiger partial charge in [-0.05, 0) is 44.0 Å². The third kappa shape index (κ3) is 4.57. The number of hydrogen-bond acceptors (Lipinski definition) is 8. The van der Waals surface area contributed by atoms with Gasteiger partial charge in [0, 0.05) is 23.3 Å². The minimum atomic E-state index is -2.25. The Kier molecular flexibility index (Phi) is 5.47. The van der Waals surface area contributed by atoms with E-state index in [0.717, 1.165) is 22.0 Å². The molecule has 160 valence electrons. The van der Waals surface area contributed by atoms with E-state index in [9.17, 15) is 4.57 Å². The molecule has 0 amide bonds. The average Bonchev–Trinajstić information content (AvgIpc) is 3.19. The summed E-state index contributed by atoms with van der Waals surface area (Å²) in [6.45, 7) is 5.43. The summed E-state index contributed by atoms with van der Waals surface area (Å²) in [5.74, 6) is 7.04. The Balaban J connectivity index is 1.63. The smallest absolute Gasteiger partial charge is 0.186 e. The Morgan fingerprint density at radius 2 is 2.00 bits per heavy atom. The van der Waals surface area contributed by atoms with Crippen molar-refractivity contribution >= 4 is 29.7 Å². The number of hydrazine groups is 1. The summed E-state index contributed by atoms with van der Waals surface area (Å²) in [5.41, 5.74) is 9.36. The summed E-state index contributed by atoms with van der Waals surface area (Å²) in [6.07, 6.45) is 7.17. The van der Waals surface area contributed by atoms with Crippen molar-refractivity contribution in [3.8, 4) is 11.3 Å². The van der Waals surface area contributed by atoms with E-state index in [1.165, 1.54) is 5.01 Å². The number of rotatable bonds is 6. The van der Waals surface area contributed by atoms with Gasteiger partial charge in [-0.15, -0.1) is 0 Å². The number of fused-ring (bicyclic) bond motifs is 1. The molecule has 1 unspecified atom stereocenters. The Labute approximate surface area is 180 Å². The lowest BCUT2D eigenvalue weighted by Crippen LogP contribution is -2.35. The highest BCUT2D eigenvalue weighted by atomic mass is 31.2. The molecule has 4 N–H and O–H groups in total. The van der Waals surface area contributed by atoms with E-state index in [0.29, 0.717) is 17.8 Å². The molecule has 0 aliphatic heterocycles. The van der Waals surface area contributed by atoms with Crippen molar-refractivity contribution in [2.75, 3.05) is 24.1 Å². The second-order valence-electron chi connectivity index (χ2n) is 7.99. The van der Waals surface area contributed by atoms with Crippen LogP contribution in [0.3, 0.4) is 0 Å². The molecule has 3 heterocycles. The number of aromatic nitrogens is 5. The van der Waals surface area contributed by atoms with Gasteiger partial charge in [-0.1, -0.05) is 12.1 Å². The van der Waals surface area contributed by atoms with Crippen LogP contribution in [0.4, 0.5) is 11.6 Å². The monoisotopic (exact) mass is 436 g/mol. The van der Waals surface area contributed by atoms with Gasteiger partial charge in [0.2, 0.25) is 0 Å². The van der Waals surface area contributed by atoms with Crippen molar-refractivity contribution in [3.05, 3.63) is 60.7 Å². The normalized spacial score (nSPS) is 12.8. The summed E-state index contributed by atoms with van der Waals surface area (Å²) >= 11 is 0. The molecule has 3 aromatic heterocycles. The molecule has 10 heteroatoms. The number of nitrogen functional groups attached to an aromatic ring is 1. The van der Waals surface area contributed by atoms with E-state index in [2.05, 4.69) is 26.1 Å². The first-order valence-electron chi connectivity index (χ1n) is 9.79. The van der Waals surface area contributed by atoms with Crippen LogP contribution in [0.15, 0.2) is 55.1 Å². The molecule has 1 atom stereocenters. The van der Waals surface area contributed by atoms with Gasteiger partial charge in [0.25, 0.3) is 0 Å². The van der Waals surface area contributed by atoms with E-state index in [4.69, 9.17) is 11.6 Å². The number of anilines is 2. The third-order valence-electron chi connectivity index (χ3n) is 4.97. The molecule has 4 aromatic rings. The Hall–Kier alpha value is -3.29. The lowest BCUT2D eigenvalue weighted by molar-refractivity contribution is 0.569. The third-order valence-corrected chi connectivity index (χ3v) is 5.94. The van der Waals surface area contributed by atoms with Crippen LogP contribution in [0, 0.1) is 0 Å².